The minimum absolute atomic E-state index is 0.0317. The molecule has 7 aromatic carbocycles. The second-order valence-corrected chi connectivity index (χ2v) is 22.0. The predicted octanol–water partition coefficient (Wildman–Crippen LogP) is 18.8. The Kier molecular flexibility index (Phi) is 12.3. The third-order valence-corrected chi connectivity index (χ3v) is 14.6. The zero-order valence-electron chi connectivity index (χ0n) is 41.4. The molecule has 0 aliphatic rings. The summed E-state index contributed by atoms with van der Waals surface area (Å²) in [6, 6.07) is 51.4. The minimum atomic E-state index is -0.329. The zero-order valence-corrected chi connectivity index (χ0v) is 42.1. The number of hydrogen-bond donors (Lipinski definition) is 0. The number of fused-ring (bicyclic) bond motifs is 3. The molecular formula is C61H67ClFN3. The molecule has 0 radical (unpaired) electrons. The van der Waals surface area contributed by atoms with Crippen molar-refractivity contribution in [2.75, 3.05) is 9.80 Å². The first-order valence-corrected chi connectivity index (χ1v) is 24.1. The summed E-state index contributed by atoms with van der Waals surface area (Å²) in [6.07, 6.45) is 2.05. The van der Waals surface area contributed by atoms with Crippen LogP contribution in [0.3, 0.4) is 0 Å². The Morgan fingerprint density at radius 2 is 0.970 bits per heavy atom. The number of nitrogens with zero attached hydrogens (tertiary/aromatic N) is 3. The number of aryl methyl sites for hydroxylation is 1. The Bertz CT molecular complexity index is 2960. The highest BCUT2D eigenvalue weighted by Crippen LogP contribution is 2.49. The fraction of sp³-hybridized carbons (Fsp3) is 0.311. The van der Waals surface area contributed by atoms with Crippen molar-refractivity contribution in [1.29, 1.82) is 0 Å². The Morgan fingerprint density at radius 3 is 1.48 bits per heavy atom. The number of halogens is 2. The molecule has 5 heteroatoms. The van der Waals surface area contributed by atoms with Crippen molar-refractivity contribution in [2.24, 2.45) is 0 Å². The molecule has 0 atom stereocenters. The Morgan fingerprint density at radius 1 is 0.470 bits per heavy atom. The van der Waals surface area contributed by atoms with Crippen LogP contribution in [0.1, 0.15) is 124 Å². The van der Waals surface area contributed by atoms with Gasteiger partial charge in [0.1, 0.15) is 5.82 Å². The second kappa shape index (κ2) is 17.4. The van der Waals surface area contributed by atoms with Crippen LogP contribution in [0.4, 0.5) is 38.5 Å². The lowest BCUT2D eigenvalue weighted by molar-refractivity contribution is 0.506. The molecule has 0 N–H and O–H groups in total. The van der Waals surface area contributed by atoms with E-state index in [1.165, 1.54) is 22.3 Å². The van der Waals surface area contributed by atoms with Gasteiger partial charge in [-0.25, -0.2) is 4.39 Å². The van der Waals surface area contributed by atoms with E-state index < -0.39 is 0 Å². The molecule has 0 fully saturated rings. The number of benzene rings is 7. The van der Waals surface area contributed by atoms with Crippen molar-refractivity contribution < 1.29 is 4.39 Å². The maximum absolute atomic E-state index is 16.8. The van der Waals surface area contributed by atoms with Crippen LogP contribution >= 0.6 is 11.6 Å². The average Bonchev–Trinajstić information content (AvgIpc) is 3.61. The van der Waals surface area contributed by atoms with Crippen molar-refractivity contribution in [3.8, 4) is 5.69 Å². The van der Waals surface area contributed by atoms with Crippen molar-refractivity contribution in [3.63, 3.8) is 0 Å². The lowest BCUT2D eigenvalue weighted by Gasteiger charge is -2.32. The number of para-hydroxylation sites is 1. The average molecular weight is 897 g/mol. The van der Waals surface area contributed by atoms with Gasteiger partial charge in [0, 0.05) is 33.5 Å². The molecule has 0 spiro atoms. The quantitative estimate of drug-likeness (QED) is 0.128. The van der Waals surface area contributed by atoms with Crippen LogP contribution in [0.2, 0.25) is 5.02 Å². The van der Waals surface area contributed by atoms with Gasteiger partial charge in [0.2, 0.25) is 0 Å². The van der Waals surface area contributed by atoms with Gasteiger partial charge in [-0.2, -0.15) is 0 Å². The maximum Gasteiger partial charge on any atom is 0.147 e. The monoisotopic (exact) mass is 896 g/mol. The van der Waals surface area contributed by atoms with E-state index in [1.54, 1.807) is 6.07 Å². The summed E-state index contributed by atoms with van der Waals surface area (Å²) in [5, 5.41) is 2.78. The first-order chi connectivity index (χ1) is 31.1. The number of aromatic nitrogens is 1. The molecule has 3 nitrogen and oxygen atoms in total. The normalized spacial score (nSPS) is 12.6. The second-order valence-electron chi connectivity index (χ2n) is 21.6. The first kappa shape index (κ1) is 46.7. The molecule has 8 rings (SSSR count). The number of anilines is 6. The van der Waals surface area contributed by atoms with E-state index in [0.717, 1.165) is 68.6 Å². The van der Waals surface area contributed by atoms with Gasteiger partial charge in [0.05, 0.1) is 33.1 Å². The van der Waals surface area contributed by atoms with Crippen LogP contribution in [0.5, 0.6) is 0 Å². The SMILES string of the molecule is CCC(C)(C)c1ccc(N(c2ccc(C(C)(C)CC)cc2)c2cccc(N(c3ccc4c5ccccc5n(-c5cc(C(C)(C)C)cc(C(C)(C)C)c5)c4c3)c3ccc(C)cc3F)c2Cl)cc1. The Labute approximate surface area is 398 Å². The summed E-state index contributed by atoms with van der Waals surface area (Å²) in [5.41, 5.74) is 13.7. The van der Waals surface area contributed by atoms with E-state index >= 15 is 4.39 Å². The number of rotatable bonds is 11. The third-order valence-electron chi connectivity index (χ3n) is 14.2. The van der Waals surface area contributed by atoms with E-state index in [9.17, 15) is 0 Å². The Balaban J connectivity index is 1.38. The third kappa shape index (κ3) is 8.77. The molecule has 0 saturated carbocycles. The van der Waals surface area contributed by atoms with Crippen LogP contribution in [0, 0.1) is 12.7 Å². The van der Waals surface area contributed by atoms with E-state index in [-0.39, 0.29) is 27.5 Å². The molecule has 0 amide bonds. The standard InChI is InChI=1S/C61H67ClFN3/c1-14-60(10,11)41-24-28-45(29-25-41)64(46-30-26-42(27-31-46)61(12,13)15-2)54-21-18-22-55(57(54)62)65(53-34-23-40(3)35-51(53)63)47-32-33-50-49-19-16-17-20-52(49)66(56(50)39-47)48-37-43(58(4,5)6)36-44(38-48)59(7,8)9/h16-39H,14-15H2,1-13H3. The lowest BCUT2D eigenvalue weighted by atomic mass is 9.80. The highest BCUT2D eigenvalue weighted by molar-refractivity contribution is 6.36. The fourth-order valence-electron chi connectivity index (χ4n) is 9.00. The van der Waals surface area contributed by atoms with Crippen molar-refractivity contribution in [1.82, 2.24) is 4.57 Å². The zero-order chi connectivity index (χ0) is 47.5. The first-order valence-electron chi connectivity index (χ1n) is 23.7. The molecular weight excluding hydrogens is 829 g/mol. The molecule has 1 aromatic heterocycles. The molecule has 0 bridgehead atoms. The molecule has 0 aliphatic carbocycles. The van der Waals surface area contributed by atoms with E-state index in [0.29, 0.717) is 16.4 Å². The number of hydrogen-bond acceptors (Lipinski definition) is 2. The summed E-state index contributed by atoms with van der Waals surface area (Å²) in [4.78, 5) is 4.23. The maximum atomic E-state index is 16.8. The molecule has 0 saturated heterocycles. The summed E-state index contributed by atoms with van der Waals surface area (Å²) in [7, 11) is 0. The Hall–Kier alpha value is -5.84. The fourth-order valence-corrected chi connectivity index (χ4v) is 9.29. The van der Waals surface area contributed by atoms with Gasteiger partial charge in [-0.3, -0.25) is 0 Å². The van der Waals surface area contributed by atoms with Gasteiger partial charge in [-0.1, -0.05) is 161 Å². The minimum Gasteiger partial charge on any atom is -0.309 e. The molecule has 0 aliphatic heterocycles. The summed E-state index contributed by atoms with van der Waals surface area (Å²) in [5.74, 6) is -0.329. The van der Waals surface area contributed by atoms with Gasteiger partial charge < -0.3 is 14.4 Å². The van der Waals surface area contributed by atoms with E-state index in [2.05, 4.69) is 208 Å². The van der Waals surface area contributed by atoms with Gasteiger partial charge in [-0.15, -0.1) is 0 Å². The molecule has 8 aromatic rings. The summed E-state index contributed by atoms with van der Waals surface area (Å²) < 4.78 is 19.1. The summed E-state index contributed by atoms with van der Waals surface area (Å²) >= 11 is 7.85. The highest BCUT2D eigenvalue weighted by Gasteiger charge is 2.28. The van der Waals surface area contributed by atoms with Crippen LogP contribution in [0.25, 0.3) is 27.5 Å². The molecule has 1 heterocycles. The van der Waals surface area contributed by atoms with E-state index in [4.69, 9.17) is 11.6 Å². The van der Waals surface area contributed by atoms with Crippen molar-refractivity contribution >= 4 is 67.5 Å². The highest BCUT2D eigenvalue weighted by atomic mass is 35.5. The molecule has 0 unspecified atom stereocenters. The smallest absolute Gasteiger partial charge is 0.147 e. The van der Waals surface area contributed by atoms with Gasteiger partial charge >= 0.3 is 0 Å². The van der Waals surface area contributed by atoms with Gasteiger partial charge in [-0.05, 0) is 148 Å². The topological polar surface area (TPSA) is 11.4 Å². The molecule has 66 heavy (non-hydrogen) atoms. The van der Waals surface area contributed by atoms with Gasteiger partial charge in [0.25, 0.3) is 0 Å². The van der Waals surface area contributed by atoms with Crippen LogP contribution < -0.4 is 9.80 Å². The van der Waals surface area contributed by atoms with E-state index in [1.807, 2.05) is 36.1 Å². The predicted molar refractivity (Wildman–Crippen MR) is 284 cm³/mol. The van der Waals surface area contributed by atoms with Crippen molar-refractivity contribution in [2.45, 2.75) is 125 Å². The van der Waals surface area contributed by atoms with Crippen LogP contribution in [-0.2, 0) is 21.7 Å². The van der Waals surface area contributed by atoms with Gasteiger partial charge in [0.15, 0.2) is 0 Å². The van der Waals surface area contributed by atoms with Crippen molar-refractivity contribution in [3.05, 3.63) is 184 Å². The summed E-state index contributed by atoms with van der Waals surface area (Å²) in [6.45, 7) is 29.2. The largest absolute Gasteiger partial charge is 0.309 e. The van der Waals surface area contributed by atoms with Crippen LogP contribution in [0.15, 0.2) is 146 Å². The lowest BCUT2D eigenvalue weighted by Crippen LogP contribution is -2.18. The molecule has 340 valence electrons. The van der Waals surface area contributed by atoms with Crippen LogP contribution in [-0.4, -0.2) is 4.57 Å².